The van der Waals surface area contributed by atoms with E-state index < -0.39 is 0 Å². The van der Waals surface area contributed by atoms with Gasteiger partial charge in [0.25, 0.3) is 5.91 Å². The van der Waals surface area contributed by atoms with Gasteiger partial charge < -0.3 is 10.3 Å². The van der Waals surface area contributed by atoms with E-state index in [2.05, 4.69) is 63.7 Å². The maximum absolute atomic E-state index is 11.9. The van der Waals surface area contributed by atoms with Gasteiger partial charge in [0.05, 0.1) is 0 Å². The van der Waals surface area contributed by atoms with Crippen LogP contribution in [0.2, 0.25) is 0 Å². The highest BCUT2D eigenvalue weighted by Gasteiger charge is 2.24. The van der Waals surface area contributed by atoms with E-state index in [1.165, 1.54) is 46.8 Å². The van der Waals surface area contributed by atoms with E-state index >= 15 is 0 Å². The van der Waals surface area contributed by atoms with Gasteiger partial charge in [-0.3, -0.25) is 9.69 Å². The second kappa shape index (κ2) is 8.56. The molecule has 3 aromatic carbocycles. The SMILES string of the molecule is CNC(=O)c1ccc2cc(CC[C@@H]3CCCN3Cc3cccc4ccccc34)[nH]c2c1. The van der Waals surface area contributed by atoms with Gasteiger partial charge in [0.2, 0.25) is 0 Å². The molecule has 0 saturated carbocycles. The Bertz CT molecular complexity index is 1220. The van der Waals surface area contributed by atoms with E-state index in [9.17, 15) is 4.79 Å². The van der Waals surface area contributed by atoms with Crippen molar-refractivity contribution in [2.45, 2.75) is 38.3 Å². The number of benzene rings is 3. The molecule has 0 radical (unpaired) electrons. The number of carbonyl (C=O) groups excluding carboxylic acids is 1. The molecule has 31 heavy (non-hydrogen) atoms. The molecular formula is C27H29N3O. The van der Waals surface area contributed by atoms with E-state index in [1.54, 1.807) is 7.05 Å². The van der Waals surface area contributed by atoms with E-state index in [4.69, 9.17) is 0 Å². The van der Waals surface area contributed by atoms with Gasteiger partial charge in [-0.2, -0.15) is 0 Å². The average Bonchev–Trinajstić information content (AvgIpc) is 3.43. The maximum atomic E-state index is 11.9. The third kappa shape index (κ3) is 4.08. The van der Waals surface area contributed by atoms with E-state index in [0.717, 1.165) is 24.9 Å². The summed E-state index contributed by atoms with van der Waals surface area (Å²) < 4.78 is 0. The zero-order valence-corrected chi connectivity index (χ0v) is 18.0. The van der Waals surface area contributed by atoms with E-state index in [1.807, 2.05) is 18.2 Å². The van der Waals surface area contributed by atoms with Crippen LogP contribution in [-0.4, -0.2) is 35.4 Å². The minimum atomic E-state index is -0.0481. The second-order valence-corrected chi connectivity index (χ2v) is 8.62. The highest BCUT2D eigenvalue weighted by atomic mass is 16.1. The number of fused-ring (bicyclic) bond motifs is 2. The van der Waals surface area contributed by atoms with Crippen LogP contribution in [0.5, 0.6) is 0 Å². The first-order chi connectivity index (χ1) is 15.2. The molecule has 1 fully saturated rings. The molecule has 0 unspecified atom stereocenters. The van der Waals surface area contributed by atoms with Crippen LogP contribution in [0.25, 0.3) is 21.7 Å². The topological polar surface area (TPSA) is 48.1 Å². The van der Waals surface area contributed by atoms with Crippen molar-refractivity contribution in [2.24, 2.45) is 0 Å². The monoisotopic (exact) mass is 411 g/mol. The van der Waals surface area contributed by atoms with Crippen molar-refractivity contribution in [3.05, 3.63) is 83.6 Å². The Morgan fingerprint density at radius 3 is 2.84 bits per heavy atom. The van der Waals surface area contributed by atoms with Crippen molar-refractivity contribution in [1.82, 2.24) is 15.2 Å². The van der Waals surface area contributed by atoms with Crippen molar-refractivity contribution in [3.63, 3.8) is 0 Å². The third-order valence-electron chi connectivity index (χ3n) is 6.67. The van der Waals surface area contributed by atoms with Gasteiger partial charge in [-0.15, -0.1) is 0 Å². The summed E-state index contributed by atoms with van der Waals surface area (Å²) in [5, 5.41) is 6.56. The van der Waals surface area contributed by atoms with Crippen molar-refractivity contribution < 1.29 is 4.79 Å². The largest absolute Gasteiger partial charge is 0.358 e. The first kappa shape index (κ1) is 19.8. The fraction of sp³-hybridized carbons (Fsp3) is 0.296. The van der Waals surface area contributed by atoms with Gasteiger partial charge in [0, 0.05) is 36.4 Å². The number of aromatic nitrogens is 1. The van der Waals surface area contributed by atoms with Crippen LogP contribution in [0.4, 0.5) is 0 Å². The molecule has 1 aromatic heterocycles. The Labute approximate surface area is 183 Å². The Balaban J connectivity index is 1.28. The fourth-order valence-corrected chi connectivity index (χ4v) is 5.01. The summed E-state index contributed by atoms with van der Waals surface area (Å²) in [6.45, 7) is 2.20. The van der Waals surface area contributed by atoms with Gasteiger partial charge in [0.15, 0.2) is 0 Å². The normalized spacial score (nSPS) is 16.9. The molecule has 1 aliphatic rings. The standard InChI is InChI=1S/C27H29N3O/c1-28-27(31)21-12-11-20-16-23(29-26(20)17-21)13-14-24-9-5-15-30(24)18-22-8-4-7-19-6-2-3-10-25(19)22/h2-4,6-8,10-12,16-17,24,29H,5,9,13-15,18H2,1H3,(H,28,31)/t24-/m0/s1. The van der Waals surface area contributed by atoms with Crippen molar-refractivity contribution in [2.75, 3.05) is 13.6 Å². The number of carbonyl (C=O) groups is 1. The zero-order chi connectivity index (χ0) is 21.2. The minimum absolute atomic E-state index is 0.0481. The van der Waals surface area contributed by atoms with Crippen molar-refractivity contribution in [1.29, 1.82) is 0 Å². The molecule has 1 aliphatic heterocycles. The molecule has 0 spiro atoms. The van der Waals surface area contributed by atoms with E-state index in [0.29, 0.717) is 11.6 Å². The van der Waals surface area contributed by atoms with E-state index in [-0.39, 0.29) is 5.91 Å². The van der Waals surface area contributed by atoms with Crippen molar-refractivity contribution in [3.8, 4) is 0 Å². The molecule has 4 nitrogen and oxygen atoms in total. The quantitative estimate of drug-likeness (QED) is 0.454. The Morgan fingerprint density at radius 1 is 1.06 bits per heavy atom. The van der Waals surface area contributed by atoms with Gasteiger partial charge in [-0.25, -0.2) is 0 Å². The number of aromatic amines is 1. The summed E-state index contributed by atoms with van der Waals surface area (Å²) in [6.07, 6.45) is 4.73. The highest BCUT2D eigenvalue weighted by molar-refractivity contribution is 5.97. The lowest BCUT2D eigenvalue weighted by Crippen LogP contribution is -2.29. The van der Waals surface area contributed by atoms with Crippen LogP contribution in [0.15, 0.2) is 66.7 Å². The number of aryl methyl sites for hydroxylation is 1. The van der Waals surface area contributed by atoms with Gasteiger partial charge >= 0.3 is 0 Å². The summed E-state index contributed by atoms with van der Waals surface area (Å²) in [6, 6.07) is 24.1. The molecule has 2 N–H and O–H groups in total. The molecule has 0 bridgehead atoms. The van der Waals surface area contributed by atoms with Crippen LogP contribution in [0.3, 0.4) is 0 Å². The predicted molar refractivity (Wildman–Crippen MR) is 127 cm³/mol. The summed E-state index contributed by atoms with van der Waals surface area (Å²) in [5.41, 5.74) is 4.41. The predicted octanol–water partition coefficient (Wildman–Crippen LogP) is 5.28. The average molecular weight is 412 g/mol. The lowest BCUT2D eigenvalue weighted by molar-refractivity contribution is 0.0963. The van der Waals surface area contributed by atoms with Gasteiger partial charge in [-0.05, 0) is 72.1 Å². The number of amides is 1. The Kier molecular flexibility index (Phi) is 5.47. The molecule has 4 aromatic rings. The van der Waals surface area contributed by atoms with Crippen LogP contribution in [-0.2, 0) is 13.0 Å². The molecule has 158 valence electrons. The maximum Gasteiger partial charge on any atom is 0.251 e. The first-order valence-electron chi connectivity index (χ1n) is 11.3. The third-order valence-corrected chi connectivity index (χ3v) is 6.67. The number of hydrogen-bond acceptors (Lipinski definition) is 2. The summed E-state index contributed by atoms with van der Waals surface area (Å²) >= 11 is 0. The molecule has 1 amide bonds. The summed E-state index contributed by atoms with van der Waals surface area (Å²) in [7, 11) is 1.66. The lowest BCUT2D eigenvalue weighted by Gasteiger charge is -2.25. The number of likely N-dealkylation sites (tertiary alicyclic amines) is 1. The number of rotatable bonds is 6. The van der Waals surface area contributed by atoms with Gasteiger partial charge in [0.1, 0.15) is 0 Å². The minimum Gasteiger partial charge on any atom is -0.358 e. The van der Waals surface area contributed by atoms with Crippen LogP contribution in [0, 0.1) is 0 Å². The van der Waals surface area contributed by atoms with Crippen LogP contribution >= 0.6 is 0 Å². The van der Waals surface area contributed by atoms with Gasteiger partial charge in [-0.1, -0.05) is 48.5 Å². The molecule has 1 atom stereocenters. The lowest BCUT2D eigenvalue weighted by atomic mass is 10.0. The van der Waals surface area contributed by atoms with Crippen LogP contribution in [0.1, 0.15) is 40.9 Å². The molecule has 5 rings (SSSR count). The molecule has 1 saturated heterocycles. The summed E-state index contributed by atoms with van der Waals surface area (Å²) in [5.74, 6) is -0.0481. The summed E-state index contributed by atoms with van der Waals surface area (Å²) in [4.78, 5) is 18.1. The molecule has 4 heteroatoms. The Hall–Kier alpha value is -3.11. The first-order valence-corrected chi connectivity index (χ1v) is 11.3. The molecule has 2 heterocycles. The number of nitrogens with zero attached hydrogens (tertiary/aromatic N) is 1. The molecular weight excluding hydrogens is 382 g/mol. The zero-order valence-electron chi connectivity index (χ0n) is 18.0. The Morgan fingerprint density at radius 2 is 1.94 bits per heavy atom. The number of H-pyrrole nitrogens is 1. The fourth-order valence-electron chi connectivity index (χ4n) is 5.01. The molecule has 0 aliphatic carbocycles. The number of hydrogen-bond donors (Lipinski definition) is 2. The highest BCUT2D eigenvalue weighted by Crippen LogP contribution is 2.27. The van der Waals surface area contributed by atoms with Crippen molar-refractivity contribution >= 4 is 27.6 Å². The number of nitrogens with one attached hydrogen (secondary N) is 2. The van der Waals surface area contributed by atoms with Crippen LogP contribution < -0.4 is 5.32 Å². The smallest absolute Gasteiger partial charge is 0.251 e. The second-order valence-electron chi connectivity index (χ2n) is 8.62.